The van der Waals surface area contributed by atoms with Gasteiger partial charge in [-0.15, -0.1) is 10.2 Å². The van der Waals surface area contributed by atoms with Crippen LogP contribution in [0.15, 0.2) is 84.9 Å². The molecule has 1 saturated carbocycles. The molecule has 1 aliphatic carbocycles. The summed E-state index contributed by atoms with van der Waals surface area (Å²) in [6, 6.07) is 26.8. The zero-order chi connectivity index (χ0) is 32.3. The highest BCUT2D eigenvalue weighted by Crippen LogP contribution is 2.37. The number of imidazole rings is 1. The first-order chi connectivity index (χ1) is 22.9. The molecule has 0 radical (unpaired) electrons. The number of benzene rings is 4. The van der Waals surface area contributed by atoms with E-state index in [9.17, 15) is 14.7 Å². The van der Waals surface area contributed by atoms with Crippen LogP contribution in [0.25, 0.3) is 44.9 Å². The maximum Gasteiger partial charge on any atom is 0.335 e. The van der Waals surface area contributed by atoms with Crippen molar-refractivity contribution in [3.05, 3.63) is 96.1 Å². The van der Waals surface area contributed by atoms with Gasteiger partial charge in [-0.25, -0.2) is 9.78 Å². The number of nitrogens with one attached hydrogen (secondary N) is 2. The Morgan fingerprint density at radius 1 is 0.936 bits per heavy atom. The summed E-state index contributed by atoms with van der Waals surface area (Å²) < 4.78 is 8.60. The number of tetrazole rings is 1. The van der Waals surface area contributed by atoms with Crippen LogP contribution in [0.1, 0.15) is 61.0 Å². The molecule has 0 saturated heterocycles. The standard InChI is InChI=1S/C36H33N7O4/c1-22(44)37-28-7-5-6-24(19-28)31-16-12-26(36(45)46)18-27(31)21-47-30-14-10-23(11-15-30)35-38-32-20-25(34-39-41-42-40-34)13-17-33(32)43(35)29-8-3-2-4-9-29/h5-7,10-20,29H,2-4,8-9,21H2,1H3,(H,37,44)(H,45,46)(H,39,40,41,42). The number of hydrogen-bond donors (Lipinski definition) is 3. The molecule has 236 valence electrons. The number of fused-ring (bicyclic) bond motifs is 1. The highest BCUT2D eigenvalue weighted by atomic mass is 16.5. The molecule has 11 nitrogen and oxygen atoms in total. The minimum Gasteiger partial charge on any atom is -0.489 e. The number of ether oxygens (including phenoxy) is 1. The van der Waals surface area contributed by atoms with Crippen molar-refractivity contribution in [1.29, 1.82) is 0 Å². The topological polar surface area (TPSA) is 148 Å². The van der Waals surface area contributed by atoms with Crippen molar-refractivity contribution in [2.45, 2.75) is 51.7 Å². The number of carbonyl (C=O) groups excluding carboxylic acids is 1. The molecule has 1 fully saturated rings. The average Bonchev–Trinajstić information content (AvgIpc) is 3.76. The normalized spacial score (nSPS) is 13.5. The highest BCUT2D eigenvalue weighted by molar-refractivity contribution is 5.91. The molecular formula is C36H33N7O4. The molecule has 0 unspecified atom stereocenters. The van der Waals surface area contributed by atoms with Gasteiger partial charge in [-0.3, -0.25) is 4.79 Å². The molecule has 2 heterocycles. The fourth-order valence-electron chi connectivity index (χ4n) is 6.39. The summed E-state index contributed by atoms with van der Waals surface area (Å²) in [5.41, 5.74) is 6.98. The molecule has 0 aliphatic heterocycles. The Labute approximate surface area is 270 Å². The minimum atomic E-state index is -1.01. The van der Waals surface area contributed by atoms with Crippen molar-refractivity contribution in [3.8, 4) is 39.7 Å². The Hall–Kier alpha value is -5.84. The second-order valence-electron chi connectivity index (χ2n) is 11.8. The van der Waals surface area contributed by atoms with Crippen LogP contribution in [0.2, 0.25) is 0 Å². The molecule has 1 aliphatic rings. The lowest BCUT2D eigenvalue weighted by Crippen LogP contribution is -2.14. The van der Waals surface area contributed by atoms with Crippen LogP contribution in [0.4, 0.5) is 5.69 Å². The molecule has 3 N–H and O–H groups in total. The SMILES string of the molecule is CC(=O)Nc1cccc(-c2ccc(C(=O)O)cc2COc2ccc(-c3nc4cc(-c5nn[nH]n5)ccc4n3C3CCCCC3)cc2)c1. The Morgan fingerprint density at radius 3 is 2.49 bits per heavy atom. The first kappa shape index (κ1) is 29.8. The van der Waals surface area contributed by atoms with Crippen LogP contribution in [-0.2, 0) is 11.4 Å². The second kappa shape index (κ2) is 12.9. The van der Waals surface area contributed by atoms with Crippen molar-refractivity contribution >= 4 is 28.6 Å². The predicted octanol–water partition coefficient (Wildman–Crippen LogP) is 7.29. The monoisotopic (exact) mass is 627 g/mol. The fourth-order valence-corrected chi connectivity index (χ4v) is 6.39. The van der Waals surface area contributed by atoms with Gasteiger partial charge < -0.3 is 19.7 Å². The maximum absolute atomic E-state index is 11.8. The number of carboxylic acid groups (broad SMARTS) is 1. The third-order valence-corrected chi connectivity index (χ3v) is 8.59. The van der Waals surface area contributed by atoms with Gasteiger partial charge in [0.1, 0.15) is 18.2 Å². The van der Waals surface area contributed by atoms with E-state index in [1.807, 2.05) is 60.7 Å². The van der Waals surface area contributed by atoms with Gasteiger partial charge in [-0.05, 0) is 101 Å². The van der Waals surface area contributed by atoms with Gasteiger partial charge in [0, 0.05) is 29.8 Å². The van der Waals surface area contributed by atoms with E-state index in [-0.39, 0.29) is 18.1 Å². The number of anilines is 1. The van der Waals surface area contributed by atoms with E-state index >= 15 is 0 Å². The highest BCUT2D eigenvalue weighted by Gasteiger charge is 2.23. The second-order valence-corrected chi connectivity index (χ2v) is 11.8. The Bertz CT molecular complexity index is 2060. The number of nitrogens with zero attached hydrogens (tertiary/aromatic N) is 5. The fraction of sp³-hybridized carbons (Fsp3) is 0.222. The van der Waals surface area contributed by atoms with Gasteiger partial charge in [0.15, 0.2) is 0 Å². The third-order valence-electron chi connectivity index (χ3n) is 8.59. The number of carboxylic acids is 1. The number of aromatic amines is 1. The Balaban J connectivity index is 1.18. The van der Waals surface area contributed by atoms with E-state index in [1.165, 1.54) is 26.2 Å². The van der Waals surface area contributed by atoms with Crippen LogP contribution in [0, 0.1) is 0 Å². The van der Waals surface area contributed by atoms with E-state index in [1.54, 1.807) is 18.2 Å². The minimum absolute atomic E-state index is 0.152. The molecule has 1 amide bonds. The van der Waals surface area contributed by atoms with E-state index in [0.29, 0.717) is 28.9 Å². The van der Waals surface area contributed by atoms with Crippen LogP contribution in [0.3, 0.4) is 0 Å². The first-order valence-electron chi connectivity index (χ1n) is 15.7. The summed E-state index contributed by atoms with van der Waals surface area (Å²) in [5.74, 6) is 0.892. The molecule has 11 heteroatoms. The van der Waals surface area contributed by atoms with E-state index in [2.05, 4.69) is 36.6 Å². The first-order valence-corrected chi connectivity index (χ1v) is 15.7. The lowest BCUT2D eigenvalue weighted by atomic mass is 9.95. The van der Waals surface area contributed by atoms with Crippen LogP contribution in [-0.4, -0.2) is 47.2 Å². The molecule has 0 bridgehead atoms. The third kappa shape index (κ3) is 6.32. The predicted molar refractivity (Wildman–Crippen MR) is 178 cm³/mol. The molecule has 0 atom stereocenters. The summed E-state index contributed by atoms with van der Waals surface area (Å²) in [6.45, 7) is 1.61. The number of amides is 1. The van der Waals surface area contributed by atoms with Gasteiger partial charge >= 0.3 is 5.97 Å². The zero-order valence-corrected chi connectivity index (χ0v) is 25.8. The largest absolute Gasteiger partial charge is 0.489 e. The number of rotatable bonds is 9. The molecule has 2 aromatic heterocycles. The quantitative estimate of drug-likeness (QED) is 0.151. The van der Waals surface area contributed by atoms with E-state index in [0.717, 1.165) is 52.0 Å². The summed E-state index contributed by atoms with van der Waals surface area (Å²) >= 11 is 0. The smallest absolute Gasteiger partial charge is 0.335 e. The Kier molecular flexibility index (Phi) is 8.18. The molecule has 6 aromatic rings. The van der Waals surface area contributed by atoms with Crippen LogP contribution >= 0.6 is 0 Å². The van der Waals surface area contributed by atoms with Gasteiger partial charge in [0.05, 0.1) is 16.6 Å². The van der Waals surface area contributed by atoms with E-state index in [4.69, 9.17) is 9.72 Å². The number of carbonyl (C=O) groups is 2. The van der Waals surface area contributed by atoms with Gasteiger partial charge in [0.25, 0.3) is 0 Å². The van der Waals surface area contributed by atoms with Crippen molar-refractivity contribution in [1.82, 2.24) is 30.2 Å². The van der Waals surface area contributed by atoms with Crippen molar-refractivity contribution < 1.29 is 19.4 Å². The summed E-state index contributed by atoms with van der Waals surface area (Å²) in [6.07, 6.45) is 5.86. The van der Waals surface area contributed by atoms with Gasteiger partial charge in [-0.1, -0.05) is 37.5 Å². The molecule has 7 rings (SSSR count). The molecule has 4 aromatic carbocycles. The van der Waals surface area contributed by atoms with Gasteiger partial charge in [0.2, 0.25) is 11.7 Å². The number of H-pyrrole nitrogens is 1. The number of aromatic nitrogens is 6. The number of aromatic carboxylic acids is 1. The summed E-state index contributed by atoms with van der Waals surface area (Å²) in [5, 5.41) is 26.9. The van der Waals surface area contributed by atoms with Crippen LogP contribution < -0.4 is 10.1 Å². The maximum atomic E-state index is 11.8. The number of hydrogen-bond acceptors (Lipinski definition) is 7. The molecule has 47 heavy (non-hydrogen) atoms. The Morgan fingerprint density at radius 2 is 1.74 bits per heavy atom. The lowest BCUT2D eigenvalue weighted by Gasteiger charge is -2.25. The van der Waals surface area contributed by atoms with E-state index < -0.39 is 5.97 Å². The zero-order valence-electron chi connectivity index (χ0n) is 25.8. The average molecular weight is 628 g/mol. The van der Waals surface area contributed by atoms with Crippen molar-refractivity contribution in [3.63, 3.8) is 0 Å². The lowest BCUT2D eigenvalue weighted by molar-refractivity contribution is -0.114. The summed E-state index contributed by atoms with van der Waals surface area (Å²) in [4.78, 5) is 28.5. The van der Waals surface area contributed by atoms with Crippen molar-refractivity contribution in [2.24, 2.45) is 0 Å². The molecule has 0 spiro atoms. The molecular weight excluding hydrogens is 594 g/mol. The van der Waals surface area contributed by atoms with Crippen molar-refractivity contribution in [2.75, 3.05) is 5.32 Å². The van der Waals surface area contributed by atoms with Crippen LogP contribution in [0.5, 0.6) is 5.75 Å². The van der Waals surface area contributed by atoms with Gasteiger partial charge in [-0.2, -0.15) is 5.21 Å². The summed E-state index contributed by atoms with van der Waals surface area (Å²) in [7, 11) is 0.